The summed E-state index contributed by atoms with van der Waals surface area (Å²) in [5.41, 5.74) is 1.47. The van der Waals surface area contributed by atoms with Crippen LogP contribution in [0.25, 0.3) is 0 Å². The van der Waals surface area contributed by atoms with Crippen molar-refractivity contribution in [1.82, 2.24) is 0 Å². The van der Waals surface area contributed by atoms with Crippen LogP contribution in [-0.2, 0) is 0 Å². The van der Waals surface area contributed by atoms with Gasteiger partial charge in [-0.05, 0) is 57.4 Å². The lowest BCUT2D eigenvalue weighted by atomic mass is 10.1. The molecule has 13 heavy (non-hydrogen) atoms. The normalized spacial score (nSPS) is 12.5. The SMILES string of the molecule is C=C/C(CCCC)=C(\I)CCCC. The molecule has 76 valence electrons. The second-order valence-electron chi connectivity index (χ2n) is 3.34. The van der Waals surface area contributed by atoms with Gasteiger partial charge in [0, 0.05) is 0 Å². The van der Waals surface area contributed by atoms with Gasteiger partial charge in [0.2, 0.25) is 0 Å². The van der Waals surface area contributed by atoms with Crippen molar-refractivity contribution in [2.45, 2.75) is 52.4 Å². The van der Waals surface area contributed by atoms with Crippen LogP contribution in [0.5, 0.6) is 0 Å². The van der Waals surface area contributed by atoms with Crippen molar-refractivity contribution in [2.75, 3.05) is 0 Å². The molecule has 0 heterocycles. The lowest BCUT2D eigenvalue weighted by Gasteiger charge is -2.05. The van der Waals surface area contributed by atoms with Gasteiger partial charge in [-0.1, -0.05) is 39.3 Å². The lowest BCUT2D eigenvalue weighted by molar-refractivity contribution is 0.776. The second kappa shape index (κ2) is 8.79. The third-order valence-corrected chi connectivity index (χ3v) is 3.38. The molecular formula is C12H21I. The minimum absolute atomic E-state index is 1.21. The van der Waals surface area contributed by atoms with Crippen LogP contribution in [0, 0.1) is 0 Å². The summed E-state index contributed by atoms with van der Waals surface area (Å²) >= 11 is 2.47. The molecule has 1 heteroatoms. The largest absolute Gasteiger partial charge is 0.0988 e. The van der Waals surface area contributed by atoms with Crippen molar-refractivity contribution in [1.29, 1.82) is 0 Å². The van der Waals surface area contributed by atoms with Crippen molar-refractivity contribution in [3.8, 4) is 0 Å². The summed E-state index contributed by atoms with van der Waals surface area (Å²) in [6, 6.07) is 0. The van der Waals surface area contributed by atoms with Gasteiger partial charge >= 0.3 is 0 Å². The van der Waals surface area contributed by atoms with E-state index in [1.54, 1.807) is 0 Å². The molecule has 0 N–H and O–H groups in total. The van der Waals surface area contributed by atoms with Gasteiger partial charge in [-0.2, -0.15) is 0 Å². The molecule has 0 saturated heterocycles. The van der Waals surface area contributed by atoms with E-state index >= 15 is 0 Å². The molecule has 0 spiro atoms. The summed E-state index contributed by atoms with van der Waals surface area (Å²) in [7, 11) is 0. The number of hydrogen-bond donors (Lipinski definition) is 0. The van der Waals surface area contributed by atoms with E-state index in [1.807, 2.05) is 6.08 Å². The van der Waals surface area contributed by atoms with Gasteiger partial charge in [-0.15, -0.1) is 0 Å². The van der Waals surface area contributed by atoms with Crippen LogP contribution in [0.2, 0.25) is 0 Å². The molecule has 0 amide bonds. The van der Waals surface area contributed by atoms with Crippen LogP contribution in [-0.4, -0.2) is 0 Å². The molecule has 0 aliphatic rings. The maximum absolute atomic E-state index is 3.88. The van der Waals surface area contributed by atoms with E-state index in [0.29, 0.717) is 0 Å². The average Bonchev–Trinajstić information content (AvgIpc) is 2.16. The Morgan fingerprint density at radius 2 is 1.69 bits per heavy atom. The molecule has 0 aliphatic heterocycles. The van der Waals surface area contributed by atoms with Gasteiger partial charge in [-0.3, -0.25) is 0 Å². The Morgan fingerprint density at radius 3 is 2.15 bits per heavy atom. The fourth-order valence-electron chi connectivity index (χ4n) is 1.21. The van der Waals surface area contributed by atoms with Crippen molar-refractivity contribution in [3.05, 3.63) is 21.8 Å². The van der Waals surface area contributed by atoms with Crippen molar-refractivity contribution in [2.24, 2.45) is 0 Å². The maximum Gasteiger partial charge on any atom is -0.00623 e. The van der Waals surface area contributed by atoms with Crippen LogP contribution >= 0.6 is 22.6 Å². The predicted octanol–water partition coefficient (Wildman–Crippen LogP) is 5.24. The monoisotopic (exact) mass is 292 g/mol. The molecule has 0 nitrogen and oxygen atoms in total. The highest BCUT2D eigenvalue weighted by molar-refractivity contribution is 14.1. The number of unbranched alkanes of at least 4 members (excludes halogenated alkanes) is 2. The van der Waals surface area contributed by atoms with E-state index in [1.165, 1.54) is 47.7 Å². The van der Waals surface area contributed by atoms with Gasteiger partial charge in [-0.25, -0.2) is 0 Å². The molecular weight excluding hydrogens is 271 g/mol. The molecule has 0 unspecified atom stereocenters. The highest BCUT2D eigenvalue weighted by atomic mass is 127. The molecule has 0 radical (unpaired) electrons. The van der Waals surface area contributed by atoms with Crippen LogP contribution in [0.15, 0.2) is 21.8 Å². The second-order valence-corrected chi connectivity index (χ2v) is 4.64. The molecule has 0 saturated carbocycles. The van der Waals surface area contributed by atoms with Gasteiger partial charge in [0.25, 0.3) is 0 Å². The van der Waals surface area contributed by atoms with Gasteiger partial charge in [0.05, 0.1) is 0 Å². The molecule has 0 aliphatic carbocycles. The van der Waals surface area contributed by atoms with E-state index in [9.17, 15) is 0 Å². The molecule has 0 aromatic heterocycles. The third kappa shape index (κ3) is 6.30. The Balaban J connectivity index is 4.05. The Hall–Kier alpha value is 0.210. The summed E-state index contributed by atoms with van der Waals surface area (Å²) in [5.74, 6) is 0. The first kappa shape index (κ1) is 13.2. The lowest BCUT2D eigenvalue weighted by Crippen LogP contribution is -1.84. The smallest absolute Gasteiger partial charge is 0.00623 e. The zero-order valence-corrected chi connectivity index (χ0v) is 11.1. The van der Waals surface area contributed by atoms with Crippen molar-refractivity contribution >= 4 is 22.6 Å². The first-order chi connectivity index (χ1) is 6.26. The van der Waals surface area contributed by atoms with Crippen molar-refractivity contribution < 1.29 is 0 Å². The maximum atomic E-state index is 3.88. The zero-order valence-electron chi connectivity index (χ0n) is 8.91. The number of allylic oxidation sites excluding steroid dienone is 3. The third-order valence-electron chi connectivity index (χ3n) is 2.14. The Kier molecular flexibility index (Phi) is 8.93. The minimum Gasteiger partial charge on any atom is -0.0988 e. The Morgan fingerprint density at radius 1 is 1.15 bits per heavy atom. The summed E-state index contributed by atoms with van der Waals surface area (Å²) in [6.07, 6.45) is 9.64. The topological polar surface area (TPSA) is 0 Å². The van der Waals surface area contributed by atoms with E-state index in [4.69, 9.17) is 0 Å². The highest BCUT2D eigenvalue weighted by Crippen LogP contribution is 2.24. The highest BCUT2D eigenvalue weighted by Gasteiger charge is 1.99. The first-order valence-electron chi connectivity index (χ1n) is 5.26. The van der Waals surface area contributed by atoms with Gasteiger partial charge < -0.3 is 0 Å². The zero-order chi connectivity index (χ0) is 10.1. The van der Waals surface area contributed by atoms with Crippen LogP contribution in [0.1, 0.15) is 52.4 Å². The molecule has 0 bridgehead atoms. The average molecular weight is 292 g/mol. The minimum atomic E-state index is 1.21. The summed E-state index contributed by atoms with van der Waals surface area (Å²) in [6.45, 7) is 8.36. The Bertz CT molecular complexity index is 168. The van der Waals surface area contributed by atoms with E-state index in [-0.39, 0.29) is 0 Å². The van der Waals surface area contributed by atoms with Crippen LogP contribution in [0.3, 0.4) is 0 Å². The van der Waals surface area contributed by atoms with Gasteiger partial charge in [0.1, 0.15) is 0 Å². The number of hydrogen-bond acceptors (Lipinski definition) is 0. The van der Waals surface area contributed by atoms with E-state index < -0.39 is 0 Å². The first-order valence-corrected chi connectivity index (χ1v) is 6.34. The van der Waals surface area contributed by atoms with Gasteiger partial charge in [0.15, 0.2) is 0 Å². The fourth-order valence-corrected chi connectivity index (χ4v) is 2.08. The predicted molar refractivity (Wildman–Crippen MR) is 70.3 cm³/mol. The van der Waals surface area contributed by atoms with Crippen LogP contribution in [0.4, 0.5) is 0 Å². The molecule has 0 aromatic carbocycles. The van der Waals surface area contributed by atoms with Crippen LogP contribution < -0.4 is 0 Å². The number of halogens is 1. The quantitative estimate of drug-likeness (QED) is 0.444. The molecule has 0 rings (SSSR count). The molecule has 0 atom stereocenters. The van der Waals surface area contributed by atoms with E-state index in [2.05, 4.69) is 43.0 Å². The summed E-state index contributed by atoms with van der Waals surface area (Å²) in [5, 5.41) is 0. The molecule has 0 aromatic rings. The summed E-state index contributed by atoms with van der Waals surface area (Å²) in [4.78, 5) is 0. The fraction of sp³-hybridized carbons (Fsp3) is 0.667. The summed E-state index contributed by atoms with van der Waals surface area (Å²) < 4.78 is 1.52. The number of rotatable bonds is 7. The molecule has 0 fully saturated rings. The standard InChI is InChI=1S/C12H21I/c1-4-7-9-11(6-3)12(13)10-8-5-2/h6H,3-5,7-10H2,1-2H3/b12-11+. The van der Waals surface area contributed by atoms with Crippen molar-refractivity contribution in [3.63, 3.8) is 0 Å². The Labute approximate surface area is 96.6 Å². The van der Waals surface area contributed by atoms with E-state index in [0.717, 1.165) is 0 Å².